The third kappa shape index (κ3) is 4.13. The van der Waals surface area contributed by atoms with Crippen LogP contribution in [0.5, 0.6) is 5.75 Å². The van der Waals surface area contributed by atoms with Crippen molar-refractivity contribution in [3.8, 4) is 5.75 Å². The predicted octanol–water partition coefficient (Wildman–Crippen LogP) is 2.81. The molecule has 1 heterocycles. The molecule has 1 N–H and O–H groups in total. The number of hydrogen-bond acceptors (Lipinski definition) is 5. The van der Waals surface area contributed by atoms with Crippen molar-refractivity contribution < 1.29 is 26.0 Å². The maximum atomic E-state index is 13.9. The number of benzene rings is 2. The van der Waals surface area contributed by atoms with Crippen LogP contribution in [0.4, 0.5) is 10.1 Å². The molecule has 0 spiro atoms. The number of anilines is 1. The van der Waals surface area contributed by atoms with Gasteiger partial charge >= 0.3 is 0 Å². The zero-order chi connectivity index (χ0) is 20.4. The molecular formula is C18H21FN2O5S2. The molecule has 0 radical (unpaired) electrons. The summed E-state index contributed by atoms with van der Waals surface area (Å²) in [5, 5.41) is 0. The Morgan fingerprint density at radius 1 is 1.04 bits per heavy atom. The van der Waals surface area contributed by atoms with Crippen LogP contribution < -0.4 is 9.46 Å². The van der Waals surface area contributed by atoms with Crippen molar-refractivity contribution in [3.63, 3.8) is 0 Å². The largest absolute Gasteiger partial charge is 0.492 e. The lowest BCUT2D eigenvalue weighted by Gasteiger charge is -2.19. The summed E-state index contributed by atoms with van der Waals surface area (Å²) in [5.41, 5.74) is 0.00415. The Kier molecular flexibility index (Phi) is 5.92. The average molecular weight is 429 g/mol. The Bertz CT molecular complexity index is 1070. The van der Waals surface area contributed by atoms with Gasteiger partial charge in [-0.3, -0.25) is 4.72 Å². The Hall–Kier alpha value is -2.17. The van der Waals surface area contributed by atoms with Gasteiger partial charge in [-0.05, 0) is 50.1 Å². The summed E-state index contributed by atoms with van der Waals surface area (Å²) in [6.45, 7) is 2.78. The van der Waals surface area contributed by atoms with Gasteiger partial charge in [0.2, 0.25) is 10.0 Å². The minimum absolute atomic E-state index is 0.00415. The minimum Gasteiger partial charge on any atom is -0.492 e. The molecule has 3 rings (SSSR count). The predicted molar refractivity (Wildman–Crippen MR) is 103 cm³/mol. The van der Waals surface area contributed by atoms with Crippen LogP contribution in [-0.4, -0.2) is 40.8 Å². The normalized spacial score (nSPS) is 15.5. The number of nitrogens with zero attached hydrogens (tertiary/aromatic N) is 1. The summed E-state index contributed by atoms with van der Waals surface area (Å²) in [5.74, 6) is -0.755. The Labute approximate surface area is 164 Å². The molecule has 0 bridgehead atoms. The molecule has 0 aromatic heterocycles. The van der Waals surface area contributed by atoms with Crippen molar-refractivity contribution in [2.45, 2.75) is 29.6 Å². The first-order valence-electron chi connectivity index (χ1n) is 8.80. The maximum absolute atomic E-state index is 13.9. The van der Waals surface area contributed by atoms with Gasteiger partial charge in [-0.25, -0.2) is 21.2 Å². The van der Waals surface area contributed by atoms with Gasteiger partial charge in [0, 0.05) is 13.1 Å². The van der Waals surface area contributed by atoms with Gasteiger partial charge < -0.3 is 4.74 Å². The fraction of sp³-hybridized carbons (Fsp3) is 0.333. The van der Waals surface area contributed by atoms with E-state index in [0.717, 1.165) is 25.0 Å². The summed E-state index contributed by atoms with van der Waals surface area (Å²) in [6, 6.07) is 8.93. The van der Waals surface area contributed by atoms with Crippen LogP contribution in [0.3, 0.4) is 0 Å². The highest BCUT2D eigenvalue weighted by Crippen LogP contribution is 2.32. The van der Waals surface area contributed by atoms with E-state index in [1.807, 2.05) is 0 Å². The van der Waals surface area contributed by atoms with Gasteiger partial charge in [-0.15, -0.1) is 0 Å². The molecular weight excluding hydrogens is 407 g/mol. The Balaban J connectivity index is 2.01. The van der Waals surface area contributed by atoms with Crippen LogP contribution in [0.15, 0.2) is 52.3 Å². The molecule has 0 amide bonds. The molecule has 1 saturated heterocycles. The molecule has 1 aliphatic rings. The maximum Gasteiger partial charge on any atom is 0.264 e. The van der Waals surface area contributed by atoms with Crippen molar-refractivity contribution in [2.75, 3.05) is 24.4 Å². The van der Waals surface area contributed by atoms with E-state index in [1.165, 1.54) is 34.6 Å². The van der Waals surface area contributed by atoms with E-state index in [9.17, 15) is 21.2 Å². The van der Waals surface area contributed by atoms with Gasteiger partial charge in [-0.1, -0.05) is 12.1 Å². The Morgan fingerprint density at radius 2 is 1.71 bits per heavy atom. The first-order chi connectivity index (χ1) is 13.3. The second-order valence-electron chi connectivity index (χ2n) is 6.24. The molecule has 1 aliphatic heterocycles. The molecule has 0 atom stereocenters. The third-order valence-corrected chi connectivity index (χ3v) is 7.64. The smallest absolute Gasteiger partial charge is 0.264 e. The second kappa shape index (κ2) is 8.06. The van der Waals surface area contributed by atoms with E-state index in [0.29, 0.717) is 13.1 Å². The fourth-order valence-electron chi connectivity index (χ4n) is 2.99. The molecule has 0 unspecified atom stereocenters. The first kappa shape index (κ1) is 20.6. The van der Waals surface area contributed by atoms with E-state index >= 15 is 0 Å². The van der Waals surface area contributed by atoms with Gasteiger partial charge in [0.15, 0.2) is 0 Å². The number of ether oxygens (including phenoxy) is 1. The summed E-state index contributed by atoms with van der Waals surface area (Å²) in [7, 11) is -8.07. The zero-order valence-electron chi connectivity index (χ0n) is 15.3. The van der Waals surface area contributed by atoms with Gasteiger partial charge in [0.25, 0.3) is 10.0 Å². The first-order valence-corrected chi connectivity index (χ1v) is 11.7. The molecule has 2 aromatic carbocycles. The van der Waals surface area contributed by atoms with Crippen LogP contribution in [0, 0.1) is 5.82 Å². The van der Waals surface area contributed by atoms with Crippen LogP contribution in [0.25, 0.3) is 0 Å². The monoisotopic (exact) mass is 428 g/mol. The van der Waals surface area contributed by atoms with Crippen molar-refractivity contribution in [2.24, 2.45) is 0 Å². The van der Waals surface area contributed by atoms with Crippen molar-refractivity contribution >= 4 is 25.7 Å². The molecule has 152 valence electrons. The molecule has 28 heavy (non-hydrogen) atoms. The van der Waals surface area contributed by atoms with Gasteiger partial charge in [0.05, 0.1) is 12.3 Å². The summed E-state index contributed by atoms with van der Waals surface area (Å²) in [6.07, 6.45) is 1.53. The highest BCUT2D eigenvalue weighted by atomic mass is 32.2. The summed E-state index contributed by atoms with van der Waals surface area (Å²) < 4.78 is 73.9. The SMILES string of the molecule is CCOc1ccc(NS(=O)(=O)c2ccccc2F)cc1S(=O)(=O)N1CCCC1. The number of nitrogens with one attached hydrogen (secondary N) is 1. The van der Waals surface area contributed by atoms with Gasteiger partial charge in [-0.2, -0.15) is 4.31 Å². The fourth-order valence-corrected chi connectivity index (χ4v) is 5.79. The molecule has 7 nitrogen and oxygen atoms in total. The van der Waals surface area contributed by atoms with E-state index < -0.39 is 30.8 Å². The molecule has 10 heteroatoms. The lowest BCUT2D eigenvalue weighted by Crippen LogP contribution is -2.28. The standard InChI is InChI=1S/C18H21FN2O5S2/c1-2-26-16-10-9-14(13-18(16)28(24,25)21-11-5-6-12-21)20-27(22,23)17-8-4-3-7-15(17)19/h3-4,7-10,13,20H,2,5-6,11-12H2,1H3. The zero-order valence-corrected chi connectivity index (χ0v) is 16.9. The quantitative estimate of drug-likeness (QED) is 0.732. The van der Waals surface area contributed by atoms with Crippen molar-refractivity contribution in [3.05, 3.63) is 48.3 Å². The number of rotatable bonds is 7. The molecule has 1 fully saturated rings. The summed E-state index contributed by atoms with van der Waals surface area (Å²) >= 11 is 0. The topological polar surface area (TPSA) is 92.8 Å². The molecule has 2 aromatic rings. The number of sulfonamides is 2. The van der Waals surface area contributed by atoms with E-state index in [-0.39, 0.29) is 22.9 Å². The van der Waals surface area contributed by atoms with E-state index in [2.05, 4.69) is 4.72 Å². The van der Waals surface area contributed by atoms with E-state index in [1.54, 1.807) is 6.92 Å². The van der Waals surface area contributed by atoms with Crippen molar-refractivity contribution in [1.29, 1.82) is 0 Å². The van der Waals surface area contributed by atoms with Crippen LogP contribution in [0.2, 0.25) is 0 Å². The lowest BCUT2D eigenvalue weighted by molar-refractivity contribution is 0.330. The van der Waals surface area contributed by atoms with Crippen molar-refractivity contribution in [1.82, 2.24) is 4.31 Å². The molecule has 0 aliphatic carbocycles. The minimum atomic E-state index is -4.22. The van der Waals surface area contributed by atoms with Crippen LogP contribution in [0.1, 0.15) is 19.8 Å². The lowest BCUT2D eigenvalue weighted by atomic mass is 10.3. The summed E-state index contributed by atoms with van der Waals surface area (Å²) in [4.78, 5) is -0.641. The van der Waals surface area contributed by atoms with Gasteiger partial charge in [0.1, 0.15) is 21.4 Å². The number of halogens is 1. The van der Waals surface area contributed by atoms with Crippen LogP contribution >= 0.6 is 0 Å². The third-order valence-electron chi connectivity index (χ3n) is 4.30. The number of hydrogen-bond donors (Lipinski definition) is 1. The highest BCUT2D eigenvalue weighted by Gasteiger charge is 2.31. The Morgan fingerprint density at radius 3 is 2.36 bits per heavy atom. The average Bonchev–Trinajstić information content (AvgIpc) is 3.18. The second-order valence-corrected chi connectivity index (χ2v) is 9.80. The highest BCUT2D eigenvalue weighted by molar-refractivity contribution is 7.92. The molecule has 0 saturated carbocycles. The van der Waals surface area contributed by atoms with Crippen LogP contribution in [-0.2, 0) is 20.0 Å². The van der Waals surface area contributed by atoms with E-state index in [4.69, 9.17) is 4.74 Å².